The minimum absolute atomic E-state index is 0.0447. The first kappa shape index (κ1) is 12.9. The van der Waals surface area contributed by atoms with Gasteiger partial charge < -0.3 is 10.6 Å². The van der Waals surface area contributed by atoms with Crippen LogP contribution < -0.4 is 10.6 Å². The van der Waals surface area contributed by atoms with E-state index in [0.717, 1.165) is 25.7 Å². The van der Waals surface area contributed by atoms with Crippen LogP contribution in [0, 0.1) is 0 Å². The lowest BCUT2D eigenvalue weighted by atomic mass is 9.99. The Morgan fingerprint density at radius 1 is 1.33 bits per heavy atom. The molecule has 0 spiro atoms. The first-order valence-electron chi connectivity index (χ1n) is 6.49. The molecule has 1 atom stereocenters. The fourth-order valence-corrected chi connectivity index (χ4v) is 2.44. The molecule has 1 aromatic rings. The van der Waals surface area contributed by atoms with Crippen LogP contribution in [0.3, 0.4) is 0 Å². The molecule has 1 aromatic carbocycles. The zero-order valence-corrected chi connectivity index (χ0v) is 10.4. The first-order valence-corrected chi connectivity index (χ1v) is 6.49. The molecule has 1 aliphatic carbocycles. The Morgan fingerprint density at radius 2 is 2.17 bits per heavy atom. The zero-order valence-electron chi connectivity index (χ0n) is 10.4. The van der Waals surface area contributed by atoms with E-state index in [4.69, 9.17) is 0 Å². The molecule has 0 heterocycles. The number of amides is 2. The Hall–Kier alpha value is -1.58. The predicted octanol–water partition coefficient (Wildman–Crippen LogP) is 2.72. The monoisotopic (exact) mass is 250 g/mol. The highest BCUT2D eigenvalue weighted by atomic mass is 19.1. The molecule has 1 aliphatic rings. The minimum atomic E-state index is -0.533. The highest BCUT2D eigenvalue weighted by Crippen LogP contribution is 2.28. The van der Waals surface area contributed by atoms with E-state index in [9.17, 15) is 9.18 Å². The highest BCUT2D eigenvalue weighted by Gasteiger charge is 2.19. The Kier molecular flexibility index (Phi) is 4.56. The Bertz CT molecular complexity index is 409. The summed E-state index contributed by atoms with van der Waals surface area (Å²) >= 11 is 0. The smallest absolute Gasteiger partial charge is 0.315 e. The number of nitrogens with one attached hydrogen (secondary N) is 2. The van der Waals surface area contributed by atoms with Gasteiger partial charge in [-0.15, -0.1) is 0 Å². The van der Waals surface area contributed by atoms with Crippen molar-refractivity contribution in [2.45, 2.75) is 31.7 Å². The summed E-state index contributed by atoms with van der Waals surface area (Å²) in [6, 6.07) is 7.98. The second-order valence-corrected chi connectivity index (χ2v) is 4.59. The van der Waals surface area contributed by atoms with Crippen LogP contribution in [-0.4, -0.2) is 19.3 Å². The van der Waals surface area contributed by atoms with Crippen LogP contribution in [0.15, 0.2) is 24.3 Å². The van der Waals surface area contributed by atoms with Gasteiger partial charge in [0, 0.05) is 6.54 Å². The number of hydrogen-bond acceptors (Lipinski definition) is 1. The zero-order chi connectivity index (χ0) is 12.8. The average molecular weight is 250 g/mol. The van der Waals surface area contributed by atoms with Crippen molar-refractivity contribution in [3.8, 4) is 0 Å². The normalized spacial score (nSPS) is 18.6. The summed E-state index contributed by atoms with van der Waals surface area (Å²) in [6.45, 7) is -0.463. The SMILES string of the molecule is O=C(NCCF)NC1CCCCc2ccccc21. The Morgan fingerprint density at radius 3 is 3.00 bits per heavy atom. The van der Waals surface area contributed by atoms with E-state index in [1.165, 1.54) is 11.1 Å². The molecule has 0 aliphatic heterocycles. The number of benzene rings is 1. The standard InChI is InChI=1S/C14H19FN2O/c15-9-10-16-14(18)17-13-8-4-2-6-11-5-1-3-7-12(11)13/h1,3,5,7,13H,2,4,6,8-10H2,(H2,16,17,18). The molecule has 0 bridgehead atoms. The molecule has 4 heteroatoms. The number of aryl methyl sites for hydroxylation is 1. The number of fused-ring (bicyclic) bond motifs is 1. The number of rotatable bonds is 3. The number of carbonyl (C=O) groups excluding carboxylic acids is 1. The summed E-state index contributed by atoms with van der Waals surface area (Å²) in [7, 11) is 0. The van der Waals surface area contributed by atoms with E-state index in [2.05, 4.69) is 22.8 Å². The van der Waals surface area contributed by atoms with Crippen molar-refractivity contribution < 1.29 is 9.18 Å². The Balaban J connectivity index is 2.06. The largest absolute Gasteiger partial charge is 0.336 e. The van der Waals surface area contributed by atoms with Crippen molar-refractivity contribution >= 4 is 6.03 Å². The van der Waals surface area contributed by atoms with Crippen molar-refractivity contribution in [1.82, 2.24) is 10.6 Å². The summed E-state index contributed by atoms with van der Waals surface area (Å²) in [6.07, 6.45) is 4.27. The maximum absolute atomic E-state index is 12.0. The van der Waals surface area contributed by atoms with Crippen molar-refractivity contribution in [2.24, 2.45) is 0 Å². The number of hydrogen-bond donors (Lipinski definition) is 2. The molecule has 98 valence electrons. The lowest BCUT2D eigenvalue weighted by Crippen LogP contribution is -2.38. The van der Waals surface area contributed by atoms with Crippen LogP contribution in [0.4, 0.5) is 9.18 Å². The summed E-state index contributed by atoms with van der Waals surface area (Å²) < 4.78 is 12.0. The minimum Gasteiger partial charge on any atom is -0.336 e. The third kappa shape index (κ3) is 3.22. The molecule has 0 saturated carbocycles. The third-order valence-electron chi connectivity index (χ3n) is 3.30. The number of alkyl halides is 1. The summed E-state index contributed by atoms with van der Waals surface area (Å²) in [5, 5.41) is 5.44. The van der Waals surface area contributed by atoms with Crippen molar-refractivity contribution in [3.05, 3.63) is 35.4 Å². The van der Waals surface area contributed by atoms with Crippen molar-refractivity contribution in [2.75, 3.05) is 13.2 Å². The van der Waals surface area contributed by atoms with Crippen LogP contribution >= 0.6 is 0 Å². The fraction of sp³-hybridized carbons (Fsp3) is 0.500. The second kappa shape index (κ2) is 6.38. The maximum Gasteiger partial charge on any atom is 0.315 e. The molecule has 2 N–H and O–H groups in total. The molecule has 0 saturated heterocycles. The van der Waals surface area contributed by atoms with Gasteiger partial charge in [0.05, 0.1) is 6.04 Å². The molecule has 1 unspecified atom stereocenters. The first-order chi connectivity index (χ1) is 8.81. The van der Waals surface area contributed by atoms with Crippen LogP contribution in [0.25, 0.3) is 0 Å². The molecular formula is C14H19FN2O. The number of halogens is 1. The van der Waals surface area contributed by atoms with E-state index < -0.39 is 6.67 Å². The molecule has 3 nitrogen and oxygen atoms in total. The lowest BCUT2D eigenvalue weighted by Gasteiger charge is -2.19. The topological polar surface area (TPSA) is 41.1 Å². The summed E-state index contributed by atoms with van der Waals surface area (Å²) in [5.41, 5.74) is 2.51. The van der Waals surface area contributed by atoms with E-state index in [1.54, 1.807) is 0 Å². The summed E-state index contributed by atoms with van der Waals surface area (Å²) in [5.74, 6) is 0. The quantitative estimate of drug-likeness (QED) is 0.796. The van der Waals surface area contributed by atoms with Crippen LogP contribution in [0.5, 0.6) is 0 Å². The number of urea groups is 1. The van der Waals surface area contributed by atoms with Gasteiger partial charge in [-0.25, -0.2) is 9.18 Å². The molecular weight excluding hydrogens is 231 g/mol. The Labute approximate surface area is 107 Å². The van der Waals surface area contributed by atoms with Gasteiger partial charge in [0.2, 0.25) is 0 Å². The van der Waals surface area contributed by atoms with Gasteiger partial charge in [0.1, 0.15) is 6.67 Å². The third-order valence-corrected chi connectivity index (χ3v) is 3.30. The van der Waals surface area contributed by atoms with E-state index in [0.29, 0.717) is 0 Å². The van der Waals surface area contributed by atoms with E-state index in [1.807, 2.05) is 12.1 Å². The highest BCUT2D eigenvalue weighted by molar-refractivity contribution is 5.74. The maximum atomic E-state index is 12.0. The van der Waals surface area contributed by atoms with Gasteiger partial charge in [-0.05, 0) is 30.4 Å². The van der Waals surface area contributed by atoms with Gasteiger partial charge in [-0.1, -0.05) is 30.7 Å². The van der Waals surface area contributed by atoms with Crippen LogP contribution in [-0.2, 0) is 6.42 Å². The van der Waals surface area contributed by atoms with E-state index >= 15 is 0 Å². The van der Waals surface area contributed by atoms with Gasteiger partial charge in [-0.2, -0.15) is 0 Å². The lowest BCUT2D eigenvalue weighted by molar-refractivity contribution is 0.235. The van der Waals surface area contributed by atoms with Crippen molar-refractivity contribution in [1.29, 1.82) is 0 Å². The fourth-order valence-electron chi connectivity index (χ4n) is 2.44. The molecule has 18 heavy (non-hydrogen) atoms. The molecule has 0 radical (unpaired) electrons. The molecule has 2 amide bonds. The van der Waals surface area contributed by atoms with Crippen LogP contribution in [0.2, 0.25) is 0 Å². The second-order valence-electron chi connectivity index (χ2n) is 4.59. The number of carbonyl (C=O) groups is 1. The van der Waals surface area contributed by atoms with Gasteiger partial charge in [-0.3, -0.25) is 0 Å². The van der Waals surface area contributed by atoms with Gasteiger partial charge in [0.15, 0.2) is 0 Å². The molecule has 0 fully saturated rings. The van der Waals surface area contributed by atoms with Gasteiger partial charge in [0.25, 0.3) is 0 Å². The predicted molar refractivity (Wildman–Crippen MR) is 69.2 cm³/mol. The molecule has 2 rings (SSSR count). The van der Waals surface area contributed by atoms with E-state index in [-0.39, 0.29) is 18.6 Å². The summed E-state index contributed by atoms with van der Waals surface area (Å²) in [4.78, 5) is 11.6. The van der Waals surface area contributed by atoms with Gasteiger partial charge >= 0.3 is 6.03 Å². The van der Waals surface area contributed by atoms with Crippen molar-refractivity contribution in [3.63, 3.8) is 0 Å². The molecule has 0 aromatic heterocycles. The average Bonchev–Trinajstić information content (AvgIpc) is 2.59. The van der Waals surface area contributed by atoms with Crippen LogP contribution in [0.1, 0.15) is 36.4 Å².